The van der Waals surface area contributed by atoms with E-state index < -0.39 is 0 Å². The molecule has 0 atom stereocenters. The molecule has 0 bridgehead atoms. The molecule has 1 aromatic heterocycles. The Balaban J connectivity index is 2.12. The molecule has 1 aliphatic rings. The number of amides is 2. The van der Waals surface area contributed by atoms with Crippen molar-refractivity contribution in [3.8, 4) is 0 Å². The number of nitrogens with two attached hydrogens (primary N) is 1. The van der Waals surface area contributed by atoms with Crippen molar-refractivity contribution >= 4 is 11.8 Å². The zero-order valence-corrected chi connectivity index (χ0v) is 15.4. The third kappa shape index (κ3) is 4.14. The Hall–Kier alpha value is -1.89. The molecule has 0 saturated carbocycles. The molecule has 2 N–H and O–H groups in total. The van der Waals surface area contributed by atoms with Gasteiger partial charge >= 0.3 is 0 Å². The fourth-order valence-electron chi connectivity index (χ4n) is 2.94. The second kappa shape index (κ2) is 6.93. The molecule has 2 rings (SSSR count). The number of aromatic nitrogens is 2. The second-order valence-corrected chi connectivity index (χ2v) is 7.73. The van der Waals surface area contributed by atoms with Crippen LogP contribution in [0.25, 0.3) is 0 Å². The highest BCUT2D eigenvalue weighted by Gasteiger charge is 2.28. The molecule has 2 amide bonds. The minimum Gasteiger partial charge on any atom is -0.369 e. The monoisotopic (exact) mass is 335 g/mol. The summed E-state index contributed by atoms with van der Waals surface area (Å²) in [6.45, 7) is 13.2. The Morgan fingerprint density at radius 2 is 1.79 bits per heavy atom. The number of hydrogen-bond donors (Lipinski definition) is 1. The molecule has 134 valence electrons. The van der Waals surface area contributed by atoms with E-state index in [9.17, 15) is 9.59 Å². The normalized spacial score (nSPS) is 16.7. The number of carbonyl (C=O) groups is 2. The van der Waals surface area contributed by atoms with Gasteiger partial charge in [0.05, 0.1) is 12.1 Å². The lowest BCUT2D eigenvalue weighted by Gasteiger charge is -2.33. The summed E-state index contributed by atoms with van der Waals surface area (Å²) in [5.74, 6) is -0.0791. The van der Waals surface area contributed by atoms with Gasteiger partial charge < -0.3 is 10.6 Å². The topological polar surface area (TPSA) is 84.5 Å². The van der Waals surface area contributed by atoms with E-state index >= 15 is 0 Å². The first-order valence-corrected chi connectivity index (χ1v) is 8.50. The van der Waals surface area contributed by atoms with Crippen molar-refractivity contribution < 1.29 is 9.59 Å². The molecule has 0 radical (unpaired) electrons. The van der Waals surface area contributed by atoms with Gasteiger partial charge in [-0.1, -0.05) is 13.8 Å². The van der Waals surface area contributed by atoms with Gasteiger partial charge in [-0.25, -0.2) is 0 Å². The molecule has 0 aliphatic carbocycles. The maximum absolute atomic E-state index is 12.8. The number of nitrogens with zero attached hydrogens (tertiary/aromatic N) is 4. The highest BCUT2D eigenvalue weighted by Crippen LogP contribution is 2.24. The van der Waals surface area contributed by atoms with E-state index in [0.717, 1.165) is 5.69 Å². The van der Waals surface area contributed by atoms with Crippen LogP contribution >= 0.6 is 0 Å². The van der Waals surface area contributed by atoms with Gasteiger partial charge in [-0.3, -0.25) is 19.2 Å². The van der Waals surface area contributed by atoms with Gasteiger partial charge in [0, 0.05) is 31.9 Å². The Kier molecular flexibility index (Phi) is 5.32. The first kappa shape index (κ1) is 18.4. The molecule has 2 heterocycles. The van der Waals surface area contributed by atoms with Gasteiger partial charge in [-0.05, 0) is 32.8 Å². The average molecular weight is 335 g/mol. The van der Waals surface area contributed by atoms with Gasteiger partial charge in [0.2, 0.25) is 5.91 Å². The molecule has 7 heteroatoms. The van der Waals surface area contributed by atoms with Crippen LogP contribution in [-0.2, 0) is 10.3 Å². The Morgan fingerprint density at radius 1 is 1.21 bits per heavy atom. The molecule has 7 nitrogen and oxygen atoms in total. The SMILES string of the molecule is CC(C)c1cc(C(=O)N2CCN(CC(N)=O)CC2)nn1C(C)(C)C. The van der Waals surface area contributed by atoms with Gasteiger partial charge in [0.15, 0.2) is 5.69 Å². The van der Waals surface area contributed by atoms with E-state index in [1.165, 1.54) is 0 Å². The number of primary amides is 1. The lowest BCUT2D eigenvalue weighted by molar-refractivity contribution is -0.119. The number of piperazine rings is 1. The molecule has 0 spiro atoms. The average Bonchev–Trinajstić information content (AvgIpc) is 2.92. The summed E-state index contributed by atoms with van der Waals surface area (Å²) in [4.78, 5) is 27.5. The van der Waals surface area contributed by atoms with E-state index in [1.54, 1.807) is 4.90 Å². The summed E-state index contributed by atoms with van der Waals surface area (Å²) in [6.07, 6.45) is 0. The van der Waals surface area contributed by atoms with Crippen molar-refractivity contribution in [2.75, 3.05) is 32.7 Å². The highest BCUT2D eigenvalue weighted by molar-refractivity contribution is 5.92. The van der Waals surface area contributed by atoms with Crippen LogP contribution in [0.5, 0.6) is 0 Å². The lowest BCUT2D eigenvalue weighted by atomic mass is 10.1. The largest absolute Gasteiger partial charge is 0.369 e. The van der Waals surface area contributed by atoms with E-state index in [2.05, 4.69) is 39.7 Å². The summed E-state index contributed by atoms with van der Waals surface area (Å²) in [5.41, 5.74) is 6.62. The molecule has 24 heavy (non-hydrogen) atoms. The Labute approximate surface area is 143 Å². The first-order valence-electron chi connectivity index (χ1n) is 8.50. The van der Waals surface area contributed by atoms with E-state index in [4.69, 9.17) is 5.73 Å². The fourth-order valence-corrected chi connectivity index (χ4v) is 2.94. The minimum atomic E-state index is -0.333. The third-order valence-corrected chi connectivity index (χ3v) is 4.22. The van der Waals surface area contributed by atoms with Crippen molar-refractivity contribution in [3.63, 3.8) is 0 Å². The number of carbonyl (C=O) groups excluding carboxylic acids is 2. The third-order valence-electron chi connectivity index (χ3n) is 4.22. The van der Waals surface area contributed by atoms with Gasteiger partial charge in [-0.15, -0.1) is 0 Å². The molecule has 0 unspecified atom stereocenters. The van der Waals surface area contributed by atoms with Crippen LogP contribution in [0.15, 0.2) is 6.07 Å². The van der Waals surface area contributed by atoms with Crippen LogP contribution in [-0.4, -0.2) is 64.1 Å². The summed E-state index contributed by atoms with van der Waals surface area (Å²) in [5, 5.41) is 4.58. The highest BCUT2D eigenvalue weighted by atomic mass is 16.2. The second-order valence-electron chi connectivity index (χ2n) is 7.73. The molecule has 1 aromatic rings. The summed E-state index contributed by atoms with van der Waals surface area (Å²) >= 11 is 0. The van der Waals surface area contributed by atoms with Crippen LogP contribution in [0.1, 0.15) is 56.7 Å². The lowest BCUT2D eigenvalue weighted by Crippen LogP contribution is -2.50. The predicted octanol–water partition coefficient (Wildman–Crippen LogP) is 1.00. The smallest absolute Gasteiger partial charge is 0.274 e. The van der Waals surface area contributed by atoms with Crippen LogP contribution < -0.4 is 5.73 Å². The maximum Gasteiger partial charge on any atom is 0.274 e. The molecule has 0 aromatic carbocycles. The molecule has 1 saturated heterocycles. The van der Waals surface area contributed by atoms with E-state index in [-0.39, 0.29) is 23.9 Å². The van der Waals surface area contributed by atoms with Gasteiger partial charge in [-0.2, -0.15) is 5.10 Å². The zero-order valence-electron chi connectivity index (χ0n) is 15.4. The van der Waals surface area contributed by atoms with Crippen LogP contribution in [0.2, 0.25) is 0 Å². The predicted molar refractivity (Wildman–Crippen MR) is 92.8 cm³/mol. The number of hydrogen-bond acceptors (Lipinski definition) is 4. The standard InChI is InChI=1S/C17H29N5O2/c1-12(2)14-10-13(19-22(14)17(3,4)5)16(24)21-8-6-20(7-9-21)11-15(18)23/h10,12H,6-9,11H2,1-5H3,(H2,18,23). The van der Waals surface area contributed by atoms with Crippen molar-refractivity contribution in [3.05, 3.63) is 17.5 Å². The molecule has 1 aliphatic heterocycles. The summed E-state index contributed by atoms with van der Waals surface area (Å²) in [7, 11) is 0. The number of rotatable bonds is 4. The quantitative estimate of drug-likeness (QED) is 0.890. The van der Waals surface area contributed by atoms with Crippen molar-refractivity contribution in [1.82, 2.24) is 19.6 Å². The van der Waals surface area contributed by atoms with Crippen molar-refractivity contribution in [2.24, 2.45) is 5.73 Å². The zero-order chi connectivity index (χ0) is 18.1. The van der Waals surface area contributed by atoms with Crippen LogP contribution in [0.3, 0.4) is 0 Å². The van der Waals surface area contributed by atoms with Gasteiger partial charge in [0.25, 0.3) is 5.91 Å². The Morgan fingerprint density at radius 3 is 2.21 bits per heavy atom. The Bertz CT molecular complexity index is 607. The van der Waals surface area contributed by atoms with Gasteiger partial charge in [0.1, 0.15) is 0 Å². The summed E-state index contributed by atoms with van der Waals surface area (Å²) in [6, 6.07) is 1.91. The van der Waals surface area contributed by atoms with E-state index in [1.807, 2.05) is 15.6 Å². The van der Waals surface area contributed by atoms with Crippen LogP contribution in [0, 0.1) is 0 Å². The van der Waals surface area contributed by atoms with Crippen molar-refractivity contribution in [2.45, 2.75) is 46.1 Å². The maximum atomic E-state index is 12.8. The first-order chi connectivity index (χ1) is 11.1. The summed E-state index contributed by atoms with van der Waals surface area (Å²) < 4.78 is 1.95. The molecular weight excluding hydrogens is 306 g/mol. The van der Waals surface area contributed by atoms with Crippen molar-refractivity contribution in [1.29, 1.82) is 0 Å². The molecular formula is C17H29N5O2. The fraction of sp³-hybridized carbons (Fsp3) is 0.706. The minimum absolute atomic E-state index is 0.0429. The molecule has 1 fully saturated rings. The van der Waals surface area contributed by atoms with Crippen LogP contribution in [0.4, 0.5) is 0 Å². The van der Waals surface area contributed by atoms with E-state index in [0.29, 0.717) is 37.8 Å².